The number of carbonyl (C=O) groups is 1. The summed E-state index contributed by atoms with van der Waals surface area (Å²) in [6.45, 7) is 0.700. The van der Waals surface area contributed by atoms with Crippen molar-refractivity contribution in [1.82, 2.24) is 4.72 Å². The summed E-state index contributed by atoms with van der Waals surface area (Å²) in [5, 5.41) is 19.4. The summed E-state index contributed by atoms with van der Waals surface area (Å²) in [6, 6.07) is 4.36. The third-order valence-electron chi connectivity index (χ3n) is 2.64. The number of non-ortho nitro benzene ring substituents is 1. The molecule has 0 saturated heterocycles. The minimum atomic E-state index is -3.90. The van der Waals surface area contributed by atoms with Crippen LogP contribution in [-0.4, -0.2) is 43.7 Å². The van der Waals surface area contributed by atoms with Gasteiger partial charge in [-0.25, -0.2) is 13.1 Å². The van der Waals surface area contributed by atoms with E-state index in [1.807, 2.05) is 0 Å². The molecule has 0 aliphatic carbocycles. The molecular formula is C12H16N2O7S. The number of nitrogens with one attached hydrogen (secondary N) is 1. The fraction of sp³-hybridized carbons (Fsp3) is 0.417. The Balaban J connectivity index is 2.77. The van der Waals surface area contributed by atoms with Crippen LogP contribution in [0.1, 0.15) is 13.3 Å². The summed E-state index contributed by atoms with van der Waals surface area (Å²) in [5.41, 5.74) is -0.225. The highest BCUT2D eigenvalue weighted by Gasteiger charge is 2.19. The van der Waals surface area contributed by atoms with E-state index < -0.39 is 27.0 Å². The number of esters is 1. The Morgan fingerprint density at radius 3 is 2.45 bits per heavy atom. The zero-order chi connectivity index (χ0) is 16.8. The van der Waals surface area contributed by atoms with E-state index in [0.29, 0.717) is 0 Å². The number of hydrogen-bond acceptors (Lipinski definition) is 7. The predicted octanol–water partition coefficient (Wildman–Crippen LogP) is 0.187. The number of aliphatic hydroxyl groups excluding tert-OH is 1. The summed E-state index contributed by atoms with van der Waals surface area (Å²) in [5.74, 6) is -0.590. The molecule has 22 heavy (non-hydrogen) atoms. The lowest BCUT2D eigenvalue weighted by Crippen LogP contribution is -2.35. The molecule has 0 spiro atoms. The van der Waals surface area contributed by atoms with Crippen molar-refractivity contribution in [2.45, 2.75) is 24.3 Å². The van der Waals surface area contributed by atoms with Gasteiger partial charge in [0.1, 0.15) is 6.10 Å². The second-order valence-electron chi connectivity index (χ2n) is 4.35. The molecule has 1 atom stereocenters. The molecule has 9 nitrogen and oxygen atoms in total. The number of rotatable bonds is 8. The summed E-state index contributed by atoms with van der Waals surface area (Å²) < 4.78 is 31.1. The Morgan fingerprint density at radius 1 is 1.41 bits per heavy atom. The Hall–Kier alpha value is -2.04. The first-order valence-corrected chi connectivity index (χ1v) is 7.77. The van der Waals surface area contributed by atoms with Crippen LogP contribution in [0.15, 0.2) is 29.2 Å². The van der Waals surface area contributed by atoms with E-state index in [-0.39, 0.29) is 30.2 Å². The lowest BCUT2D eigenvalue weighted by atomic mass is 10.3. The lowest BCUT2D eigenvalue weighted by molar-refractivity contribution is -0.384. The maximum atomic E-state index is 12.0. The second-order valence-corrected chi connectivity index (χ2v) is 6.11. The summed E-state index contributed by atoms with van der Waals surface area (Å²) >= 11 is 0. The topological polar surface area (TPSA) is 136 Å². The summed E-state index contributed by atoms with van der Waals surface area (Å²) in [7, 11) is -3.90. The minimum Gasteiger partial charge on any atom is -0.461 e. The third kappa shape index (κ3) is 5.39. The largest absolute Gasteiger partial charge is 0.461 e. The van der Waals surface area contributed by atoms with E-state index in [4.69, 9.17) is 9.84 Å². The molecule has 0 aromatic heterocycles. The van der Waals surface area contributed by atoms with Gasteiger partial charge in [0, 0.05) is 38.6 Å². The molecule has 2 N–H and O–H groups in total. The van der Waals surface area contributed by atoms with Crippen molar-refractivity contribution >= 4 is 21.7 Å². The number of ether oxygens (including phenoxy) is 1. The summed E-state index contributed by atoms with van der Waals surface area (Å²) in [6.07, 6.45) is -0.710. The number of carbonyl (C=O) groups excluding carboxylic acids is 1. The van der Waals surface area contributed by atoms with Gasteiger partial charge in [0.2, 0.25) is 10.0 Å². The van der Waals surface area contributed by atoms with Crippen molar-refractivity contribution in [2.75, 3.05) is 13.2 Å². The van der Waals surface area contributed by atoms with Crippen LogP contribution in [0.25, 0.3) is 0 Å². The van der Waals surface area contributed by atoms with Crippen molar-refractivity contribution in [1.29, 1.82) is 0 Å². The van der Waals surface area contributed by atoms with E-state index in [2.05, 4.69) is 4.72 Å². The monoisotopic (exact) mass is 332 g/mol. The number of benzene rings is 1. The van der Waals surface area contributed by atoms with Crippen LogP contribution < -0.4 is 4.72 Å². The van der Waals surface area contributed by atoms with Gasteiger partial charge >= 0.3 is 5.97 Å². The van der Waals surface area contributed by atoms with Crippen LogP contribution in [0.2, 0.25) is 0 Å². The molecule has 0 unspecified atom stereocenters. The van der Waals surface area contributed by atoms with Gasteiger partial charge in [-0.15, -0.1) is 0 Å². The van der Waals surface area contributed by atoms with Crippen molar-refractivity contribution in [3.63, 3.8) is 0 Å². The fourth-order valence-electron chi connectivity index (χ4n) is 1.61. The van der Waals surface area contributed by atoms with E-state index >= 15 is 0 Å². The molecule has 0 saturated carbocycles. The molecule has 0 bridgehead atoms. The normalized spacial score (nSPS) is 12.6. The van der Waals surface area contributed by atoms with Gasteiger partial charge < -0.3 is 9.84 Å². The molecule has 10 heteroatoms. The molecule has 0 heterocycles. The minimum absolute atomic E-state index is 0.0857. The van der Waals surface area contributed by atoms with Crippen LogP contribution in [0, 0.1) is 10.1 Å². The standard InChI is InChI=1S/C12H16N2O7S/c1-9(16)21-11(6-7-15)8-13-22(19,20)12-4-2-10(3-5-12)14(17)18/h2-5,11,13,15H,6-8H2,1H3/t11-/m1/s1. The highest BCUT2D eigenvalue weighted by Crippen LogP contribution is 2.15. The van der Waals surface area contributed by atoms with Crippen LogP contribution >= 0.6 is 0 Å². The molecule has 0 aliphatic heterocycles. The van der Waals surface area contributed by atoms with E-state index in [0.717, 1.165) is 24.3 Å². The van der Waals surface area contributed by atoms with Gasteiger partial charge in [-0.2, -0.15) is 0 Å². The van der Waals surface area contributed by atoms with Crippen molar-refractivity contribution in [3.05, 3.63) is 34.4 Å². The first kappa shape index (κ1) is 18.0. The SMILES string of the molecule is CC(=O)O[C@H](CCO)CNS(=O)(=O)c1ccc([N+](=O)[O-])cc1. The fourth-order valence-corrected chi connectivity index (χ4v) is 2.68. The average molecular weight is 332 g/mol. The average Bonchev–Trinajstić information content (AvgIpc) is 2.44. The maximum absolute atomic E-state index is 12.0. The van der Waals surface area contributed by atoms with Crippen molar-refractivity contribution in [3.8, 4) is 0 Å². The van der Waals surface area contributed by atoms with E-state index in [1.165, 1.54) is 6.92 Å². The van der Waals surface area contributed by atoms with Gasteiger partial charge in [-0.1, -0.05) is 0 Å². The highest BCUT2D eigenvalue weighted by atomic mass is 32.2. The third-order valence-corrected chi connectivity index (χ3v) is 4.08. The van der Waals surface area contributed by atoms with Crippen LogP contribution in [0.3, 0.4) is 0 Å². The Morgan fingerprint density at radius 2 is 2.00 bits per heavy atom. The number of sulfonamides is 1. The van der Waals surface area contributed by atoms with Gasteiger partial charge in [0.05, 0.1) is 9.82 Å². The van der Waals surface area contributed by atoms with Gasteiger partial charge in [-0.05, 0) is 12.1 Å². The first-order valence-electron chi connectivity index (χ1n) is 6.28. The molecular weight excluding hydrogens is 316 g/mol. The van der Waals surface area contributed by atoms with Crippen LogP contribution in [0.4, 0.5) is 5.69 Å². The molecule has 0 radical (unpaired) electrons. The van der Waals surface area contributed by atoms with Gasteiger partial charge in [0.15, 0.2) is 0 Å². The second kappa shape index (κ2) is 7.82. The molecule has 122 valence electrons. The Bertz CT molecular complexity index is 627. The quantitative estimate of drug-likeness (QED) is 0.394. The maximum Gasteiger partial charge on any atom is 0.302 e. The zero-order valence-corrected chi connectivity index (χ0v) is 12.6. The summed E-state index contributed by atoms with van der Waals surface area (Å²) in [4.78, 5) is 20.6. The number of hydrogen-bond donors (Lipinski definition) is 2. The molecule has 0 aliphatic rings. The highest BCUT2D eigenvalue weighted by molar-refractivity contribution is 7.89. The van der Waals surface area contributed by atoms with Gasteiger partial charge in [-0.3, -0.25) is 14.9 Å². The predicted molar refractivity (Wildman–Crippen MR) is 75.5 cm³/mol. The number of nitrogens with zero attached hydrogens (tertiary/aromatic N) is 1. The van der Waals surface area contributed by atoms with Crippen LogP contribution in [0.5, 0.6) is 0 Å². The number of aliphatic hydroxyl groups is 1. The Kier molecular flexibility index (Phi) is 6.40. The zero-order valence-electron chi connectivity index (χ0n) is 11.8. The molecule has 1 aromatic rings. The first-order chi connectivity index (χ1) is 10.3. The number of nitro groups is 1. The molecule has 1 aromatic carbocycles. The molecule has 0 fully saturated rings. The Labute approximate surface area is 127 Å². The van der Waals surface area contributed by atoms with E-state index in [1.54, 1.807) is 0 Å². The lowest BCUT2D eigenvalue weighted by Gasteiger charge is -2.16. The van der Waals surface area contributed by atoms with Crippen molar-refractivity contribution < 1.29 is 28.0 Å². The number of nitro benzene ring substituents is 1. The van der Waals surface area contributed by atoms with Gasteiger partial charge in [0.25, 0.3) is 5.69 Å². The molecule has 0 amide bonds. The van der Waals surface area contributed by atoms with Crippen molar-refractivity contribution in [2.24, 2.45) is 0 Å². The smallest absolute Gasteiger partial charge is 0.302 e. The van der Waals surface area contributed by atoms with Crippen LogP contribution in [-0.2, 0) is 19.6 Å². The molecule has 1 rings (SSSR count). The van der Waals surface area contributed by atoms with E-state index in [9.17, 15) is 23.3 Å².